The smallest absolute Gasteiger partial charge is 0.280 e. The van der Waals surface area contributed by atoms with Gasteiger partial charge < -0.3 is 9.64 Å². The first-order valence-electron chi connectivity index (χ1n) is 7.48. The maximum absolute atomic E-state index is 12.0. The van der Waals surface area contributed by atoms with E-state index in [-0.39, 0.29) is 5.91 Å². The second-order valence-electron chi connectivity index (χ2n) is 5.43. The van der Waals surface area contributed by atoms with Gasteiger partial charge in [0.2, 0.25) is 0 Å². The molecular formula is C18H20ClN3O2. The number of anilines is 1. The fourth-order valence-corrected chi connectivity index (χ4v) is 2.02. The molecule has 2 rings (SSSR count). The molecule has 0 saturated heterocycles. The first-order valence-corrected chi connectivity index (χ1v) is 7.86. The molecule has 1 atom stereocenters. The maximum Gasteiger partial charge on any atom is 0.280 e. The monoisotopic (exact) mass is 345 g/mol. The van der Waals surface area contributed by atoms with E-state index in [1.54, 1.807) is 37.4 Å². The van der Waals surface area contributed by atoms with Gasteiger partial charge >= 0.3 is 0 Å². The van der Waals surface area contributed by atoms with Gasteiger partial charge in [0.15, 0.2) is 6.10 Å². The highest BCUT2D eigenvalue weighted by Gasteiger charge is 2.13. The molecule has 0 bridgehead atoms. The molecular weight excluding hydrogens is 326 g/mol. The molecule has 1 unspecified atom stereocenters. The van der Waals surface area contributed by atoms with Crippen molar-refractivity contribution in [1.82, 2.24) is 5.43 Å². The number of ether oxygens (including phenoxy) is 1. The Morgan fingerprint density at radius 1 is 1.17 bits per heavy atom. The van der Waals surface area contributed by atoms with E-state index in [1.807, 2.05) is 43.3 Å². The highest BCUT2D eigenvalue weighted by Crippen LogP contribution is 2.16. The average Bonchev–Trinajstić information content (AvgIpc) is 2.57. The Balaban J connectivity index is 1.86. The Morgan fingerprint density at radius 3 is 2.38 bits per heavy atom. The summed E-state index contributed by atoms with van der Waals surface area (Å²) in [5, 5.41) is 4.57. The van der Waals surface area contributed by atoms with Crippen molar-refractivity contribution >= 4 is 29.4 Å². The molecule has 0 aliphatic carbocycles. The van der Waals surface area contributed by atoms with Crippen molar-refractivity contribution in [2.24, 2.45) is 5.10 Å². The third-order valence-corrected chi connectivity index (χ3v) is 3.55. The van der Waals surface area contributed by atoms with Crippen molar-refractivity contribution in [2.75, 3.05) is 19.0 Å². The number of nitrogens with zero attached hydrogens (tertiary/aromatic N) is 2. The summed E-state index contributed by atoms with van der Waals surface area (Å²) in [5.74, 6) is 0.247. The lowest BCUT2D eigenvalue weighted by molar-refractivity contribution is -0.127. The zero-order chi connectivity index (χ0) is 17.5. The van der Waals surface area contributed by atoms with Gasteiger partial charge in [-0.1, -0.05) is 23.7 Å². The standard InChI is InChI=1S/C18H20ClN3O2/c1-13(24-17-10-6-15(19)7-11-17)18(23)21-20-12-14-4-8-16(9-5-14)22(2)3/h4-13H,1-3H3,(H,21,23)/b20-12+. The lowest BCUT2D eigenvalue weighted by Gasteiger charge is -2.13. The molecule has 0 aliphatic heterocycles. The number of carbonyl (C=O) groups is 1. The molecule has 5 nitrogen and oxygen atoms in total. The number of amides is 1. The number of hydrazone groups is 1. The molecule has 0 radical (unpaired) electrons. The summed E-state index contributed by atoms with van der Waals surface area (Å²) in [7, 11) is 3.96. The fourth-order valence-electron chi connectivity index (χ4n) is 1.89. The van der Waals surface area contributed by atoms with Crippen LogP contribution in [0, 0.1) is 0 Å². The summed E-state index contributed by atoms with van der Waals surface area (Å²) in [4.78, 5) is 14.0. The van der Waals surface area contributed by atoms with Gasteiger partial charge in [-0.3, -0.25) is 4.79 Å². The molecule has 0 aromatic heterocycles. The Kier molecular flexibility index (Phi) is 6.21. The summed E-state index contributed by atoms with van der Waals surface area (Å²) in [5.41, 5.74) is 4.46. The Hall–Kier alpha value is -2.53. The summed E-state index contributed by atoms with van der Waals surface area (Å²) in [6.45, 7) is 1.66. The van der Waals surface area contributed by atoms with Crippen LogP contribution < -0.4 is 15.1 Å². The third kappa shape index (κ3) is 5.28. The molecule has 24 heavy (non-hydrogen) atoms. The largest absolute Gasteiger partial charge is 0.481 e. The number of hydrogen-bond acceptors (Lipinski definition) is 4. The summed E-state index contributed by atoms with van der Waals surface area (Å²) >= 11 is 5.81. The third-order valence-electron chi connectivity index (χ3n) is 3.29. The molecule has 2 aromatic rings. The van der Waals surface area contributed by atoms with Gasteiger partial charge in [-0.2, -0.15) is 5.10 Å². The lowest BCUT2D eigenvalue weighted by Crippen LogP contribution is -2.33. The van der Waals surface area contributed by atoms with Crippen LogP contribution in [0.3, 0.4) is 0 Å². The topological polar surface area (TPSA) is 53.9 Å². The molecule has 2 aromatic carbocycles. The van der Waals surface area contributed by atoms with Gasteiger partial charge in [-0.15, -0.1) is 0 Å². The second kappa shape index (κ2) is 8.36. The van der Waals surface area contributed by atoms with Crippen LogP contribution in [0.4, 0.5) is 5.69 Å². The van der Waals surface area contributed by atoms with Crippen molar-refractivity contribution in [3.63, 3.8) is 0 Å². The van der Waals surface area contributed by atoms with Gasteiger partial charge in [0.25, 0.3) is 5.91 Å². The van der Waals surface area contributed by atoms with Crippen LogP contribution in [0.5, 0.6) is 5.75 Å². The van der Waals surface area contributed by atoms with Gasteiger partial charge in [-0.05, 0) is 48.9 Å². The fraction of sp³-hybridized carbons (Fsp3) is 0.222. The Labute approximate surface area is 146 Å². The SMILES string of the molecule is CC(Oc1ccc(Cl)cc1)C(=O)N/N=C/c1ccc(N(C)C)cc1. The number of rotatable bonds is 6. The van der Waals surface area contributed by atoms with Gasteiger partial charge in [0.05, 0.1) is 6.21 Å². The van der Waals surface area contributed by atoms with E-state index < -0.39 is 6.10 Å². The van der Waals surface area contributed by atoms with Crippen molar-refractivity contribution < 1.29 is 9.53 Å². The van der Waals surface area contributed by atoms with E-state index in [1.165, 1.54) is 0 Å². The van der Waals surface area contributed by atoms with Crippen LogP contribution in [0.25, 0.3) is 0 Å². The van der Waals surface area contributed by atoms with Crippen LogP contribution in [0.15, 0.2) is 53.6 Å². The van der Waals surface area contributed by atoms with Crippen LogP contribution in [0.1, 0.15) is 12.5 Å². The molecule has 1 amide bonds. The number of halogens is 1. The van der Waals surface area contributed by atoms with Crippen molar-refractivity contribution in [2.45, 2.75) is 13.0 Å². The molecule has 1 N–H and O–H groups in total. The average molecular weight is 346 g/mol. The van der Waals surface area contributed by atoms with Gasteiger partial charge in [-0.25, -0.2) is 5.43 Å². The summed E-state index contributed by atoms with van der Waals surface area (Å²) in [6, 6.07) is 14.7. The normalized spacial score (nSPS) is 12.0. The molecule has 0 spiro atoms. The Morgan fingerprint density at radius 2 is 1.79 bits per heavy atom. The highest BCUT2D eigenvalue weighted by molar-refractivity contribution is 6.30. The molecule has 0 saturated carbocycles. The zero-order valence-corrected chi connectivity index (χ0v) is 14.6. The first kappa shape index (κ1) is 17.8. The van der Waals surface area contributed by atoms with E-state index in [9.17, 15) is 4.79 Å². The van der Waals surface area contributed by atoms with Crippen LogP contribution in [-0.4, -0.2) is 32.3 Å². The minimum atomic E-state index is -0.667. The van der Waals surface area contributed by atoms with E-state index in [0.29, 0.717) is 10.8 Å². The molecule has 126 valence electrons. The van der Waals surface area contributed by atoms with E-state index >= 15 is 0 Å². The highest BCUT2D eigenvalue weighted by atomic mass is 35.5. The van der Waals surface area contributed by atoms with Crippen molar-refractivity contribution in [3.8, 4) is 5.75 Å². The Bertz CT molecular complexity index is 697. The summed E-state index contributed by atoms with van der Waals surface area (Å²) < 4.78 is 5.53. The quantitative estimate of drug-likeness (QED) is 0.645. The van der Waals surface area contributed by atoms with Crippen molar-refractivity contribution in [3.05, 3.63) is 59.1 Å². The van der Waals surface area contributed by atoms with Crippen LogP contribution in [0.2, 0.25) is 5.02 Å². The predicted molar refractivity (Wildman–Crippen MR) is 98.0 cm³/mol. The number of nitrogens with one attached hydrogen (secondary N) is 1. The molecule has 0 aliphatic rings. The van der Waals surface area contributed by atoms with E-state index in [2.05, 4.69) is 10.5 Å². The maximum atomic E-state index is 12.0. The minimum absolute atomic E-state index is 0.328. The number of benzene rings is 2. The number of carbonyl (C=O) groups excluding carboxylic acids is 1. The summed E-state index contributed by atoms with van der Waals surface area (Å²) in [6.07, 6.45) is 0.922. The minimum Gasteiger partial charge on any atom is -0.481 e. The van der Waals surface area contributed by atoms with Crippen LogP contribution >= 0.6 is 11.6 Å². The molecule has 0 heterocycles. The second-order valence-corrected chi connectivity index (χ2v) is 5.87. The first-order chi connectivity index (χ1) is 11.5. The number of hydrogen-bond donors (Lipinski definition) is 1. The van der Waals surface area contributed by atoms with E-state index in [0.717, 1.165) is 11.3 Å². The molecule has 6 heteroatoms. The molecule has 0 fully saturated rings. The predicted octanol–water partition coefficient (Wildman–Crippen LogP) is 3.32. The van der Waals surface area contributed by atoms with Crippen LogP contribution in [-0.2, 0) is 4.79 Å². The van der Waals surface area contributed by atoms with E-state index in [4.69, 9.17) is 16.3 Å². The van der Waals surface area contributed by atoms with Gasteiger partial charge in [0.1, 0.15) is 5.75 Å². The lowest BCUT2D eigenvalue weighted by atomic mass is 10.2. The van der Waals surface area contributed by atoms with Gasteiger partial charge in [0, 0.05) is 24.8 Å². The zero-order valence-electron chi connectivity index (χ0n) is 13.9. The van der Waals surface area contributed by atoms with Crippen molar-refractivity contribution in [1.29, 1.82) is 0 Å².